The molecule has 0 radical (unpaired) electrons. The average molecular weight is 301 g/mol. The SMILES string of the molecule is CCn1cc(S(=O)(=O)Nc2cccnc2Cl)nc1C. The number of aromatic nitrogens is 3. The number of pyridine rings is 1. The van der Waals surface area contributed by atoms with Gasteiger partial charge in [0.1, 0.15) is 5.82 Å². The number of imidazole rings is 1. The van der Waals surface area contributed by atoms with Crippen LogP contribution in [0.1, 0.15) is 12.7 Å². The van der Waals surface area contributed by atoms with Crippen molar-refractivity contribution < 1.29 is 8.42 Å². The van der Waals surface area contributed by atoms with Crippen molar-refractivity contribution in [3.05, 3.63) is 35.5 Å². The van der Waals surface area contributed by atoms with E-state index in [2.05, 4.69) is 14.7 Å². The Labute approximate surface area is 116 Å². The second kappa shape index (κ2) is 5.18. The minimum atomic E-state index is -3.75. The predicted molar refractivity (Wildman–Crippen MR) is 72.7 cm³/mol. The molecule has 19 heavy (non-hydrogen) atoms. The molecule has 0 amide bonds. The molecule has 0 spiro atoms. The lowest BCUT2D eigenvalue weighted by Crippen LogP contribution is -2.14. The zero-order valence-corrected chi connectivity index (χ0v) is 12.0. The maximum absolute atomic E-state index is 12.2. The molecule has 2 aromatic rings. The molecule has 2 aromatic heterocycles. The first-order chi connectivity index (χ1) is 8.94. The Hall–Kier alpha value is -1.60. The highest BCUT2D eigenvalue weighted by atomic mass is 35.5. The summed E-state index contributed by atoms with van der Waals surface area (Å²) in [6.07, 6.45) is 2.97. The third kappa shape index (κ3) is 2.87. The quantitative estimate of drug-likeness (QED) is 0.877. The van der Waals surface area contributed by atoms with Crippen molar-refractivity contribution in [2.24, 2.45) is 0 Å². The van der Waals surface area contributed by atoms with Crippen molar-refractivity contribution in [3.63, 3.8) is 0 Å². The van der Waals surface area contributed by atoms with Crippen molar-refractivity contribution in [2.75, 3.05) is 4.72 Å². The fourth-order valence-electron chi connectivity index (χ4n) is 1.59. The van der Waals surface area contributed by atoms with Crippen LogP contribution in [0.5, 0.6) is 0 Å². The minimum absolute atomic E-state index is 0.0354. The lowest BCUT2D eigenvalue weighted by Gasteiger charge is -2.06. The minimum Gasteiger partial charge on any atom is -0.334 e. The van der Waals surface area contributed by atoms with Crippen molar-refractivity contribution in [1.82, 2.24) is 14.5 Å². The van der Waals surface area contributed by atoms with Crippen LogP contribution in [0, 0.1) is 6.92 Å². The van der Waals surface area contributed by atoms with Crippen LogP contribution >= 0.6 is 11.6 Å². The van der Waals surface area contributed by atoms with E-state index in [1.54, 1.807) is 17.6 Å². The van der Waals surface area contributed by atoms with Gasteiger partial charge in [-0.2, -0.15) is 8.42 Å². The molecule has 0 aliphatic rings. The van der Waals surface area contributed by atoms with Gasteiger partial charge in [-0.25, -0.2) is 9.97 Å². The van der Waals surface area contributed by atoms with Gasteiger partial charge < -0.3 is 4.57 Å². The van der Waals surface area contributed by atoms with E-state index in [9.17, 15) is 8.42 Å². The lowest BCUT2D eigenvalue weighted by atomic mass is 10.4. The molecule has 6 nitrogen and oxygen atoms in total. The van der Waals surface area contributed by atoms with Crippen molar-refractivity contribution >= 4 is 27.3 Å². The van der Waals surface area contributed by atoms with Gasteiger partial charge in [-0.05, 0) is 26.0 Å². The van der Waals surface area contributed by atoms with Crippen LogP contribution in [0.3, 0.4) is 0 Å². The largest absolute Gasteiger partial charge is 0.334 e. The van der Waals surface area contributed by atoms with Crippen LogP contribution in [0.15, 0.2) is 29.6 Å². The van der Waals surface area contributed by atoms with Gasteiger partial charge in [-0.3, -0.25) is 4.72 Å². The summed E-state index contributed by atoms with van der Waals surface area (Å²) in [5.74, 6) is 0.639. The number of aryl methyl sites for hydroxylation is 2. The van der Waals surface area contributed by atoms with Crippen LogP contribution in [-0.4, -0.2) is 23.0 Å². The number of rotatable bonds is 4. The molecule has 8 heteroatoms. The molecular weight excluding hydrogens is 288 g/mol. The van der Waals surface area contributed by atoms with E-state index in [1.807, 2.05) is 6.92 Å². The molecule has 0 bridgehead atoms. The molecule has 0 fully saturated rings. The number of hydrogen-bond donors (Lipinski definition) is 1. The van der Waals surface area contributed by atoms with Gasteiger partial charge in [0.2, 0.25) is 0 Å². The number of nitrogens with one attached hydrogen (secondary N) is 1. The number of anilines is 1. The summed E-state index contributed by atoms with van der Waals surface area (Å²) in [6.45, 7) is 4.32. The van der Waals surface area contributed by atoms with Crippen LogP contribution in [-0.2, 0) is 16.6 Å². The Bertz CT molecular complexity index is 696. The van der Waals surface area contributed by atoms with E-state index in [0.717, 1.165) is 0 Å². The van der Waals surface area contributed by atoms with E-state index >= 15 is 0 Å². The summed E-state index contributed by atoms with van der Waals surface area (Å²) in [6, 6.07) is 3.14. The Kier molecular flexibility index (Phi) is 3.77. The van der Waals surface area contributed by atoms with Gasteiger partial charge in [0, 0.05) is 18.9 Å². The number of nitrogens with zero attached hydrogens (tertiary/aromatic N) is 3. The third-order valence-corrected chi connectivity index (χ3v) is 4.11. The second-order valence-corrected chi connectivity index (χ2v) is 5.85. The van der Waals surface area contributed by atoms with E-state index < -0.39 is 10.0 Å². The monoisotopic (exact) mass is 300 g/mol. The fraction of sp³-hybridized carbons (Fsp3) is 0.273. The Balaban J connectivity index is 2.35. The molecule has 0 atom stereocenters. The van der Waals surface area contributed by atoms with Crippen molar-refractivity contribution in [3.8, 4) is 0 Å². The summed E-state index contributed by atoms with van der Waals surface area (Å²) < 4.78 is 28.4. The molecular formula is C11H13ClN4O2S. The third-order valence-electron chi connectivity index (χ3n) is 2.57. The van der Waals surface area contributed by atoms with Crippen LogP contribution in [0.2, 0.25) is 5.15 Å². The Morgan fingerprint density at radius 1 is 1.47 bits per heavy atom. The van der Waals surface area contributed by atoms with Gasteiger partial charge in [-0.1, -0.05) is 11.6 Å². The van der Waals surface area contributed by atoms with Crippen molar-refractivity contribution in [1.29, 1.82) is 0 Å². The van der Waals surface area contributed by atoms with Crippen molar-refractivity contribution in [2.45, 2.75) is 25.4 Å². The Morgan fingerprint density at radius 3 is 2.79 bits per heavy atom. The van der Waals surface area contributed by atoms with Gasteiger partial charge in [-0.15, -0.1) is 0 Å². The molecule has 102 valence electrons. The average Bonchev–Trinajstić information content (AvgIpc) is 2.74. The van der Waals surface area contributed by atoms with E-state index in [4.69, 9.17) is 11.6 Å². The zero-order chi connectivity index (χ0) is 14.0. The van der Waals surface area contributed by atoms with E-state index in [1.165, 1.54) is 18.5 Å². The lowest BCUT2D eigenvalue weighted by molar-refractivity contribution is 0.598. The van der Waals surface area contributed by atoms with Gasteiger partial charge >= 0.3 is 0 Å². The fourth-order valence-corrected chi connectivity index (χ4v) is 2.89. The summed E-state index contributed by atoms with van der Waals surface area (Å²) in [4.78, 5) is 7.84. The maximum atomic E-state index is 12.2. The first kappa shape index (κ1) is 13.8. The molecule has 0 saturated carbocycles. The topological polar surface area (TPSA) is 76.9 Å². The molecule has 2 heterocycles. The van der Waals surface area contributed by atoms with Crippen LogP contribution in [0.4, 0.5) is 5.69 Å². The first-order valence-electron chi connectivity index (χ1n) is 5.61. The molecule has 0 aromatic carbocycles. The summed E-state index contributed by atoms with van der Waals surface area (Å²) in [5, 5.41) is 0.0597. The van der Waals surface area contributed by atoms with Crippen LogP contribution in [0.25, 0.3) is 0 Å². The standard InChI is InChI=1S/C11H13ClN4O2S/c1-3-16-7-10(14-8(16)2)19(17,18)15-9-5-4-6-13-11(9)12/h4-7,15H,3H2,1-2H3. The highest BCUT2D eigenvalue weighted by molar-refractivity contribution is 7.92. The summed E-state index contributed by atoms with van der Waals surface area (Å²) in [5.41, 5.74) is 0.230. The van der Waals surface area contributed by atoms with E-state index in [0.29, 0.717) is 12.4 Å². The molecule has 0 aliphatic heterocycles. The number of halogens is 1. The molecule has 1 N–H and O–H groups in total. The zero-order valence-electron chi connectivity index (χ0n) is 10.5. The van der Waals surface area contributed by atoms with E-state index in [-0.39, 0.29) is 15.9 Å². The smallest absolute Gasteiger partial charge is 0.281 e. The Morgan fingerprint density at radius 2 is 2.21 bits per heavy atom. The number of hydrogen-bond acceptors (Lipinski definition) is 4. The van der Waals surface area contributed by atoms with Gasteiger partial charge in [0.15, 0.2) is 10.2 Å². The number of sulfonamides is 1. The molecule has 0 unspecified atom stereocenters. The first-order valence-corrected chi connectivity index (χ1v) is 7.47. The highest BCUT2D eigenvalue weighted by Gasteiger charge is 2.20. The maximum Gasteiger partial charge on any atom is 0.281 e. The van der Waals surface area contributed by atoms with Crippen LogP contribution < -0.4 is 4.72 Å². The predicted octanol–water partition coefficient (Wildman–Crippen LogP) is 2.06. The molecule has 2 rings (SSSR count). The molecule has 0 aliphatic carbocycles. The normalized spacial score (nSPS) is 11.5. The summed E-state index contributed by atoms with van der Waals surface area (Å²) in [7, 11) is -3.75. The van der Waals surface area contributed by atoms with Gasteiger partial charge in [0.05, 0.1) is 5.69 Å². The summed E-state index contributed by atoms with van der Waals surface area (Å²) >= 11 is 5.82. The second-order valence-electron chi connectivity index (χ2n) is 3.86. The highest BCUT2D eigenvalue weighted by Crippen LogP contribution is 2.21. The molecule has 0 saturated heterocycles. The van der Waals surface area contributed by atoms with Gasteiger partial charge in [0.25, 0.3) is 10.0 Å².